The fraction of sp³-hybridized carbons (Fsp3) is 0.538. The van der Waals surface area contributed by atoms with Crippen LogP contribution in [0.2, 0.25) is 0 Å². The summed E-state index contributed by atoms with van der Waals surface area (Å²) in [7, 11) is 1.50. The number of carbonyl (C=O) groups excluding carboxylic acids is 1. The van der Waals surface area contributed by atoms with Gasteiger partial charge in [0.05, 0.1) is 6.61 Å². The summed E-state index contributed by atoms with van der Waals surface area (Å²) in [6.07, 6.45) is 0.691. The zero-order chi connectivity index (χ0) is 14.4. The molecule has 0 saturated heterocycles. The summed E-state index contributed by atoms with van der Waals surface area (Å²) in [5.74, 6) is -0.581. The average molecular weight is 269 g/mol. The van der Waals surface area contributed by atoms with Crippen LogP contribution in [0.15, 0.2) is 10.5 Å². The predicted molar refractivity (Wildman–Crippen MR) is 68.2 cm³/mol. The molecule has 1 heterocycles. The largest absolute Gasteiger partial charge is 0.480 e. The Morgan fingerprint density at radius 2 is 2.16 bits per heavy atom. The molecule has 0 fully saturated rings. The quantitative estimate of drug-likeness (QED) is 0.807. The van der Waals surface area contributed by atoms with Crippen molar-refractivity contribution in [1.82, 2.24) is 4.90 Å². The van der Waals surface area contributed by atoms with Crippen LogP contribution < -0.4 is 0 Å². The number of rotatable bonds is 7. The molecule has 0 aliphatic carbocycles. The molecule has 0 aromatic carbocycles. The van der Waals surface area contributed by atoms with Gasteiger partial charge in [0, 0.05) is 20.1 Å². The lowest BCUT2D eigenvalue weighted by molar-refractivity contribution is -0.137. The molecule has 6 nitrogen and oxygen atoms in total. The molecule has 1 aromatic heterocycles. The zero-order valence-corrected chi connectivity index (χ0v) is 11.4. The Hall–Kier alpha value is -1.82. The van der Waals surface area contributed by atoms with Crippen molar-refractivity contribution in [2.75, 3.05) is 26.8 Å². The number of methoxy groups -OCH3 is 1. The van der Waals surface area contributed by atoms with Gasteiger partial charge in [-0.3, -0.25) is 9.59 Å². The predicted octanol–water partition coefficient (Wildman–Crippen LogP) is 1.32. The van der Waals surface area contributed by atoms with Gasteiger partial charge in [-0.2, -0.15) is 0 Å². The Bertz CT molecular complexity index is 452. The fourth-order valence-corrected chi connectivity index (χ4v) is 1.75. The van der Waals surface area contributed by atoms with E-state index in [9.17, 15) is 9.59 Å². The molecule has 1 rings (SSSR count). The van der Waals surface area contributed by atoms with Crippen LogP contribution in [0, 0.1) is 6.92 Å². The normalized spacial score (nSPS) is 10.5. The van der Waals surface area contributed by atoms with Crippen LogP contribution >= 0.6 is 0 Å². The molecule has 1 amide bonds. The maximum Gasteiger partial charge on any atom is 0.323 e. The molecule has 0 bridgehead atoms. The molecular formula is C13H19NO5. The molecule has 0 aliphatic rings. The molecule has 1 N–H and O–H groups in total. The maximum atomic E-state index is 12.2. The first-order valence-electron chi connectivity index (χ1n) is 6.08. The molecule has 19 heavy (non-hydrogen) atoms. The monoisotopic (exact) mass is 269 g/mol. The van der Waals surface area contributed by atoms with Gasteiger partial charge >= 0.3 is 5.97 Å². The molecule has 0 aliphatic heterocycles. The topological polar surface area (TPSA) is 80.0 Å². The minimum atomic E-state index is -1.07. The Kier molecular flexibility index (Phi) is 5.57. The van der Waals surface area contributed by atoms with E-state index in [1.165, 1.54) is 12.0 Å². The van der Waals surface area contributed by atoms with Crippen molar-refractivity contribution in [3.05, 3.63) is 23.2 Å². The summed E-state index contributed by atoms with van der Waals surface area (Å²) >= 11 is 0. The molecule has 0 saturated carbocycles. The van der Waals surface area contributed by atoms with Crippen molar-refractivity contribution >= 4 is 11.9 Å². The number of carboxylic acids is 1. The molecule has 106 valence electrons. The van der Waals surface area contributed by atoms with Crippen molar-refractivity contribution < 1.29 is 23.8 Å². The van der Waals surface area contributed by atoms with Gasteiger partial charge in [-0.15, -0.1) is 0 Å². The Morgan fingerprint density at radius 3 is 2.63 bits per heavy atom. The number of nitrogens with zero attached hydrogens (tertiary/aromatic N) is 1. The third kappa shape index (κ3) is 4.10. The number of furan rings is 1. The van der Waals surface area contributed by atoms with Crippen LogP contribution in [0.4, 0.5) is 0 Å². The average Bonchev–Trinajstić information content (AvgIpc) is 2.74. The third-order valence-corrected chi connectivity index (χ3v) is 2.73. The van der Waals surface area contributed by atoms with Crippen LogP contribution in [0.3, 0.4) is 0 Å². The summed E-state index contributed by atoms with van der Waals surface area (Å²) in [5.41, 5.74) is 0.896. The smallest absolute Gasteiger partial charge is 0.323 e. The first kappa shape index (κ1) is 15.2. The highest BCUT2D eigenvalue weighted by Crippen LogP contribution is 2.16. The van der Waals surface area contributed by atoms with E-state index >= 15 is 0 Å². The van der Waals surface area contributed by atoms with E-state index in [1.54, 1.807) is 6.07 Å². The number of ether oxygens (including phenoxy) is 1. The molecule has 0 unspecified atom stereocenters. The summed E-state index contributed by atoms with van der Waals surface area (Å²) in [4.78, 5) is 24.2. The van der Waals surface area contributed by atoms with E-state index in [0.717, 1.165) is 11.3 Å². The van der Waals surface area contributed by atoms with Crippen LogP contribution in [-0.2, 0) is 16.0 Å². The van der Waals surface area contributed by atoms with Crippen LogP contribution in [-0.4, -0.2) is 48.7 Å². The number of amides is 1. The van der Waals surface area contributed by atoms with Crippen molar-refractivity contribution in [2.24, 2.45) is 0 Å². The van der Waals surface area contributed by atoms with Crippen LogP contribution in [0.25, 0.3) is 0 Å². The van der Waals surface area contributed by atoms with E-state index in [2.05, 4.69) is 0 Å². The van der Waals surface area contributed by atoms with Gasteiger partial charge in [0.1, 0.15) is 12.3 Å². The van der Waals surface area contributed by atoms with E-state index in [1.807, 2.05) is 13.8 Å². The van der Waals surface area contributed by atoms with Crippen LogP contribution in [0.5, 0.6) is 0 Å². The summed E-state index contributed by atoms with van der Waals surface area (Å²) in [6.45, 7) is 3.90. The van der Waals surface area contributed by atoms with E-state index < -0.39 is 11.9 Å². The van der Waals surface area contributed by atoms with Gasteiger partial charge in [0.2, 0.25) is 0 Å². The Labute approximate surface area is 112 Å². The highest BCUT2D eigenvalue weighted by atomic mass is 16.5. The Morgan fingerprint density at radius 1 is 1.47 bits per heavy atom. The number of aryl methyl sites for hydroxylation is 2. The van der Waals surface area contributed by atoms with Gasteiger partial charge in [0.15, 0.2) is 5.76 Å². The number of hydrogen-bond donors (Lipinski definition) is 1. The molecular weight excluding hydrogens is 250 g/mol. The lowest BCUT2D eigenvalue weighted by Crippen LogP contribution is -2.37. The maximum absolute atomic E-state index is 12.2. The molecule has 6 heteroatoms. The summed E-state index contributed by atoms with van der Waals surface area (Å²) in [6, 6.07) is 1.64. The van der Waals surface area contributed by atoms with Crippen molar-refractivity contribution in [1.29, 1.82) is 0 Å². The van der Waals surface area contributed by atoms with E-state index in [-0.39, 0.29) is 25.5 Å². The van der Waals surface area contributed by atoms with Gasteiger partial charge in [-0.05, 0) is 18.6 Å². The van der Waals surface area contributed by atoms with Crippen molar-refractivity contribution in [3.8, 4) is 0 Å². The number of hydrogen-bond acceptors (Lipinski definition) is 4. The van der Waals surface area contributed by atoms with Crippen molar-refractivity contribution in [2.45, 2.75) is 20.3 Å². The molecule has 0 radical (unpaired) electrons. The molecule has 1 aromatic rings. The number of carbonyl (C=O) groups is 2. The van der Waals surface area contributed by atoms with Gasteiger partial charge in [-0.25, -0.2) is 0 Å². The zero-order valence-electron chi connectivity index (χ0n) is 11.4. The van der Waals surface area contributed by atoms with Crippen molar-refractivity contribution in [3.63, 3.8) is 0 Å². The number of carboxylic acid groups (broad SMARTS) is 1. The molecule has 0 spiro atoms. The van der Waals surface area contributed by atoms with Gasteiger partial charge in [0.25, 0.3) is 5.91 Å². The van der Waals surface area contributed by atoms with E-state index in [4.69, 9.17) is 14.3 Å². The summed E-state index contributed by atoms with van der Waals surface area (Å²) < 4.78 is 10.3. The second-order valence-corrected chi connectivity index (χ2v) is 4.18. The van der Waals surface area contributed by atoms with E-state index in [0.29, 0.717) is 6.42 Å². The summed E-state index contributed by atoms with van der Waals surface area (Å²) in [5, 5.41) is 8.82. The standard InChI is InChI=1S/C13H19NO5/c1-4-10-9(2)7-11(19-10)13(17)14(5-6-18-3)8-12(15)16/h7H,4-6,8H2,1-3H3,(H,15,16). The highest BCUT2D eigenvalue weighted by molar-refractivity contribution is 5.93. The van der Waals surface area contributed by atoms with Crippen LogP contribution in [0.1, 0.15) is 28.8 Å². The minimum Gasteiger partial charge on any atom is -0.480 e. The second-order valence-electron chi connectivity index (χ2n) is 4.18. The lowest BCUT2D eigenvalue weighted by Gasteiger charge is -2.18. The second kappa shape index (κ2) is 6.94. The van der Waals surface area contributed by atoms with Gasteiger partial charge < -0.3 is 19.2 Å². The first-order valence-corrected chi connectivity index (χ1v) is 6.08. The minimum absolute atomic E-state index is 0.173. The Balaban J connectivity index is 2.87. The first-order chi connectivity index (χ1) is 8.99. The fourth-order valence-electron chi connectivity index (χ4n) is 1.75. The molecule has 0 atom stereocenters. The highest BCUT2D eigenvalue weighted by Gasteiger charge is 2.22. The third-order valence-electron chi connectivity index (χ3n) is 2.73. The SMILES string of the molecule is CCc1oc(C(=O)N(CCOC)CC(=O)O)cc1C. The van der Waals surface area contributed by atoms with Gasteiger partial charge in [-0.1, -0.05) is 6.92 Å². The number of aliphatic carboxylic acids is 1. The lowest BCUT2D eigenvalue weighted by atomic mass is 10.2.